The van der Waals surface area contributed by atoms with E-state index >= 15 is 0 Å². The summed E-state index contributed by atoms with van der Waals surface area (Å²) in [6.07, 6.45) is 6.95. The van der Waals surface area contributed by atoms with Gasteiger partial charge in [-0.1, -0.05) is 0 Å². The van der Waals surface area contributed by atoms with Gasteiger partial charge in [0.1, 0.15) is 0 Å². The zero-order chi connectivity index (χ0) is 44.3. The van der Waals surface area contributed by atoms with Crippen molar-refractivity contribution in [2.24, 2.45) is 0 Å². The molecule has 2 atom stereocenters. The fraction of sp³-hybridized carbons (Fsp3) is 0.481. The molecule has 60 heavy (non-hydrogen) atoms. The van der Waals surface area contributed by atoms with Gasteiger partial charge in [-0.25, -0.2) is 0 Å². The van der Waals surface area contributed by atoms with Gasteiger partial charge in [-0.2, -0.15) is 0 Å². The van der Waals surface area contributed by atoms with Crippen LogP contribution in [0.3, 0.4) is 0 Å². The molecule has 2 unspecified atom stereocenters. The van der Waals surface area contributed by atoms with Crippen molar-refractivity contribution < 1.29 is 15.6 Å². The SMILES string of the molecule is CCC1=Cc2c(-c3ccc([Si](C(C)C)(C(C)C)C(C)C)cc3)cccc2[CH]1[Zr]([Cl])([Cl])([CH]1C(CC)=Cc2c(-c3ccc([Si](C(C)C)(C(C)C)C(C)C)cc3)cccc21)[SiH](C)C. The summed E-state index contributed by atoms with van der Waals surface area (Å²) in [6.45, 7) is 39.2. The maximum absolute atomic E-state index is 8.83. The average molecular weight is 973 g/mol. The second-order valence-corrected chi connectivity index (χ2v) is 75.3. The predicted octanol–water partition coefficient (Wildman–Crippen LogP) is 17.2. The Bertz CT molecular complexity index is 2040. The van der Waals surface area contributed by atoms with Crippen molar-refractivity contribution in [3.05, 3.63) is 118 Å². The van der Waals surface area contributed by atoms with Gasteiger partial charge in [-0.15, -0.1) is 0 Å². The molecule has 0 radical (unpaired) electrons. The van der Waals surface area contributed by atoms with E-state index in [-0.39, 0.29) is 7.25 Å². The predicted molar refractivity (Wildman–Crippen MR) is 278 cm³/mol. The van der Waals surface area contributed by atoms with Gasteiger partial charge in [0, 0.05) is 0 Å². The number of allylic oxidation sites excluding steroid dienone is 2. The van der Waals surface area contributed by atoms with E-state index < -0.39 is 37.6 Å². The van der Waals surface area contributed by atoms with Crippen molar-refractivity contribution in [1.82, 2.24) is 0 Å². The second-order valence-electron chi connectivity index (χ2n) is 21.0. The van der Waals surface area contributed by atoms with Crippen molar-refractivity contribution in [2.75, 3.05) is 0 Å². The zero-order valence-electron chi connectivity index (χ0n) is 40.1. The van der Waals surface area contributed by atoms with E-state index in [1.165, 1.54) is 55.7 Å². The van der Waals surface area contributed by atoms with E-state index in [1.807, 2.05) is 0 Å². The van der Waals surface area contributed by atoms with Gasteiger partial charge in [0.15, 0.2) is 0 Å². The Morgan fingerprint density at radius 1 is 0.483 bits per heavy atom. The molecule has 0 spiro atoms. The molecule has 4 aromatic carbocycles. The monoisotopic (exact) mass is 969 g/mol. The molecule has 0 bridgehead atoms. The van der Waals surface area contributed by atoms with Crippen LogP contribution >= 0.6 is 17.0 Å². The van der Waals surface area contributed by atoms with Crippen LogP contribution in [-0.4, -0.2) is 22.1 Å². The van der Waals surface area contributed by atoms with Crippen LogP contribution in [0.5, 0.6) is 0 Å². The molecular formula is C54H77Cl2Si3Zr. The van der Waals surface area contributed by atoms with Gasteiger partial charge < -0.3 is 0 Å². The number of benzene rings is 4. The summed E-state index contributed by atoms with van der Waals surface area (Å²) in [7, 11) is 14.1. The number of rotatable bonds is 15. The quantitative estimate of drug-likeness (QED) is 0.104. The first-order valence-corrected chi connectivity index (χ1v) is 44.4. The van der Waals surface area contributed by atoms with Gasteiger partial charge in [-0.3, -0.25) is 0 Å². The molecule has 0 heterocycles. The molecule has 4 aromatic rings. The van der Waals surface area contributed by atoms with Gasteiger partial charge in [-0.05, 0) is 0 Å². The fourth-order valence-electron chi connectivity index (χ4n) is 14.1. The summed E-state index contributed by atoms with van der Waals surface area (Å²) < 4.78 is 0.192. The van der Waals surface area contributed by atoms with Crippen molar-refractivity contribution in [2.45, 2.75) is 163 Å². The van der Waals surface area contributed by atoms with Crippen molar-refractivity contribution in [3.8, 4) is 22.3 Å². The van der Waals surface area contributed by atoms with Crippen LogP contribution in [-0.2, 0) is 15.6 Å². The van der Waals surface area contributed by atoms with E-state index in [0.29, 0.717) is 33.2 Å². The Hall–Kier alpha value is -1.53. The van der Waals surface area contributed by atoms with Gasteiger partial charge in [0.05, 0.1) is 0 Å². The summed E-state index contributed by atoms with van der Waals surface area (Å²) in [5.41, 5.74) is 17.6. The molecular weight excluding hydrogens is 895 g/mol. The van der Waals surface area contributed by atoms with Crippen LogP contribution in [0, 0.1) is 0 Å². The third-order valence-corrected chi connectivity index (χ3v) is 82.4. The summed E-state index contributed by atoms with van der Waals surface area (Å²) in [6, 6.07) is 33.7. The normalized spacial score (nSPS) is 17.9. The number of hydrogen-bond acceptors (Lipinski definition) is 0. The van der Waals surface area contributed by atoms with E-state index in [4.69, 9.17) is 17.0 Å². The zero-order valence-corrected chi connectivity index (χ0v) is 47.2. The van der Waals surface area contributed by atoms with Crippen LogP contribution in [0.4, 0.5) is 0 Å². The molecule has 0 amide bonds. The first kappa shape index (κ1) is 47.9. The third-order valence-electron chi connectivity index (χ3n) is 16.4. The first-order valence-electron chi connectivity index (χ1n) is 23.6. The topological polar surface area (TPSA) is 0 Å². The molecule has 2 aliphatic rings. The molecule has 2 aliphatic carbocycles. The average Bonchev–Trinajstić information content (AvgIpc) is 3.78. The number of hydrogen-bond donors (Lipinski definition) is 0. The standard InChI is InChI=1S/2C26H35Si.C2H7Si.2ClH.Zr/c2*1-8-21-16-23-10-9-11-25(26(23)17-21)22-12-14-24(15-13-22)27(18(2)3,19(4)5)20(6)7;1-3-2;;;/h2*9-20H,8H2,1-7H3;3H,1-2H3;2*1H;/q;;;;;+2/p-2. The maximum atomic E-state index is 8.83. The number of fused-ring (bicyclic) bond motifs is 2. The molecule has 6 heteroatoms. The molecule has 0 nitrogen and oxygen atoms in total. The van der Waals surface area contributed by atoms with Gasteiger partial charge >= 0.3 is 381 Å². The molecule has 0 fully saturated rings. The van der Waals surface area contributed by atoms with E-state index in [9.17, 15) is 0 Å². The van der Waals surface area contributed by atoms with Crippen molar-refractivity contribution >= 4 is 61.6 Å². The third kappa shape index (κ3) is 7.28. The molecule has 0 N–H and O–H groups in total. The van der Waals surface area contributed by atoms with Crippen LogP contribution in [0.25, 0.3) is 34.4 Å². The molecule has 0 aromatic heterocycles. The molecule has 323 valence electrons. The fourth-order valence-corrected chi connectivity index (χ4v) is 59.3. The summed E-state index contributed by atoms with van der Waals surface area (Å²) in [4.78, 5) is 0. The Morgan fingerprint density at radius 2 is 0.783 bits per heavy atom. The summed E-state index contributed by atoms with van der Waals surface area (Å²) in [5, 5.41) is 3.18. The molecule has 6 rings (SSSR count). The Labute approximate surface area is 377 Å². The van der Waals surface area contributed by atoms with Gasteiger partial charge in [0.2, 0.25) is 0 Å². The minimum absolute atomic E-state index is 0.0959. The molecule has 0 saturated heterocycles. The van der Waals surface area contributed by atoms with Crippen LogP contribution in [0.1, 0.15) is 139 Å². The van der Waals surface area contributed by atoms with Crippen LogP contribution in [0.15, 0.2) is 96.1 Å². The minimum atomic E-state index is -4.89. The summed E-state index contributed by atoms with van der Waals surface area (Å²) in [5.74, 6) is -1.67. The second kappa shape index (κ2) is 17.8. The van der Waals surface area contributed by atoms with Crippen molar-refractivity contribution in [3.63, 3.8) is 0 Å². The van der Waals surface area contributed by atoms with E-state index in [2.05, 4.69) is 207 Å². The Kier molecular flexibility index (Phi) is 14.2. The molecule has 0 aliphatic heterocycles. The first-order chi connectivity index (χ1) is 28.2. The molecule has 0 saturated carbocycles. The Balaban J connectivity index is 1.48. The Morgan fingerprint density at radius 3 is 1.03 bits per heavy atom. The van der Waals surface area contributed by atoms with E-state index in [0.717, 1.165) is 12.8 Å². The van der Waals surface area contributed by atoms with E-state index in [1.54, 1.807) is 10.4 Å². The summed E-state index contributed by atoms with van der Waals surface area (Å²) >= 11 is -4.89. The number of halogens is 2. The van der Waals surface area contributed by atoms with Crippen LogP contribution < -0.4 is 10.4 Å². The van der Waals surface area contributed by atoms with Crippen molar-refractivity contribution in [1.29, 1.82) is 0 Å². The van der Waals surface area contributed by atoms with Gasteiger partial charge in [0.25, 0.3) is 0 Å². The van der Waals surface area contributed by atoms with Crippen LogP contribution in [0.2, 0.25) is 46.3 Å².